The molecule has 108 valence electrons. The molecular weight excluding hydrogens is 276 g/mol. The molecule has 0 N–H and O–H groups in total. The van der Waals surface area contributed by atoms with Crippen LogP contribution in [0.1, 0.15) is 0 Å². The van der Waals surface area contributed by atoms with Crippen molar-refractivity contribution in [2.24, 2.45) is 0 Å². The summed E-state index contributed by atoms with van der Waals surface area (Å²) in [5, 5.41) is 0. The lowest BCUT2D eigenvalue weighted by Crippen LogP contribution is -2.34. The highest BCUT2D eigenvalue weighted by molar-refractivity contribution is 6.18. The first kappa shape index (κ1) is 16.0. The molecule has 0 unspecified atom stereocenters. The van der Waals surface area contributed by atoms with Gasteiger partial charge in [0.05, 0.1) is 13.7 Å². The molecule has 0 aliphatic heterocycles. The van der Waals surface area contributed by atoms with Gasteiger partial charge in [0.25, 0.3) is 6.43 Å². The Morgan fingerprint density at radius 2 is 1.89 bits per heavy atom. The zero-order valence-electron chi connectivity index (χ0n) is 10.8. The Labute approximate surface area is 117 Å². The van der Waals surface area contributed by atoms with Gasteiger partial charge in [-0.15, -0.1) is 11.6 Å². The molecule has 0 radical (unpaired) electrons. The fourth-order valence-electron chi connectivity index (χ4n) is 1.63. The van der Waals surface area contributed by atoms with Crippen molar-refractivity contribution in [2.75, 3.05) is 39.2 Å². The maximum absolute atomic E-state index is 12.3. The molecular formula is C13H18ClF2NO2. The number of rotatable bonds is 9. The number of ether oxygens (including phenoxy) is 2. The normalized spacial score (nSPS) is 11.1. The largest absolute Gasteiger partial charge is 0.493 e. The van der Waals surface area contributed by atoms with E-state index in [1.807, 2.05) is 12.1 Å². The van der Waals surface area contributed by atoms with Gasteiger partial charge in [0, 0.05) is 19.0 Å². The first-order valence-electron chi connectivity index (χ1n) is 5.99. The maximum atomic E-state index is 12.3. The number of para-hydroxylation sites is 2. The van der Waals surface area contributed by atoms with Crippen molar-refractivity contribution < 1.29 is 18.3 Å². The van der Waals surface area contributed by atoms with E-state index in [1.165, 1.54) is 0 Å². The van der Waals surface area contributed by atoms with Crippen LogP contribution in [0.5, 0.6) is 11.5 Å². The molecule has 0 atom stereocenters. The Morgan fingerprint density at radius 1 is 1.21 bits per heavy atom. The molecule has 0 aliphatic rings. The summed E-state index contributed by atoms with van der Waals surface area (Å²) in [6, 6.07) is 7.22. The van der Waals surface area contributed by atoms with Crippen molar-refractivity contribution in [1.29, 1.82) is 0 Å². The molecule has 1 rings (SSSR count). The average molecular weight is 294 g/mol. The van der Waals surface area contributed by atoms with Crippen LogP contribution in [0.4, 0.5) is 8.78 Å². The molecule has 0 spiro atoms. The molecule has 0 amide bonds. The van der Waals surface area contributed by atoms with Crippen LogP contribution in [-0.4, -0.2) is 50.6 Å². The molecule has 0 aromatic heterocycles. The summed E-state index contributed by atoms with van der Waals surface area (Å²) in [5.74, 6) is 1.55. The van der Waals surface area contributed by atoms with Gasteiger partial charge >= 0.3 is 0 Å². The Bertz CT molecular complexity index is 366. The summed E-state index contributed by atoms with van der Waals surface area (Å²) in [7, 11) is 1.55. The third-order valence-electron chi connectivity index (χ3n) is 2.53. The summed E-state index contributed by atoms with van der Waals surface area (Å²) in [4.78, 5) is 1.58. The monoisotopic (exact) mass is 293 g/mol. The smallest absolute Gasteiger partial charge is 0.251 e. The summed E-state index contributed by atoms with van der Waals surface area (Å²) < 4.78 is 35.3. The molecule has 0 heterocycles. The third kappa shape index (κ3) is 6.07. The first-order chi connectivity index (χ1) is 9.17. The summed E-state index contributed by atoms with van der Waals surface area (Å²) in [6.07, 6.45) is -2.37. The van der Waals surface area contributed by atoms with Crippen LogP contribution in [0, 0.1) is 0 Å². The topological polar surface area (TPSA) is 21.7 Å². The number of nitrogens with zero attached hydrogens (tertiary/aromatic N) is 1. The summed E-state index contributed by atoms with van der Waals surface area (Å²) in [5.41, 5.74) is 0. The van der Waals surface area contributed by atoms with Crippen LogP contribution >= 0.6 is 11.6 Å². The quantitative estimate of drug-likeness (QED) is 0.654. The molecule has 0 bridgehead atoms. The van der Waals surface area contributed by atoms with Crippen molar-refractivity contribution in [2.45, 2.75) is 6.43 Å². The van der Waals surface area contributed by atoms with Crippen LogP contribution < -0.4 is 9.47 Å². The van der Waals surface area contributed by atoms with Crippen molar-refractivity contribution in [3.63, 3.8) is 0 Å². The lowest BCUT2D eigenvalue weighted by Gasteiger charge is -2.21. The van der Waals surface area contributed by atoms with E-state index in [1.54, 1.807) is 24.1 Å². The SMILES string of the molecule is COc1ccccc1OCCN(CCCl)CC(F)F. The van der Waals surface area contributed by atoms with E-state index in [2.05, 4.69) is 0 Å². The molecule has 6 heteroatoms. The summed E-state index contributed by atoms with van der Waals surface area (Å²) >= 11 is 5.58. The minimum atomic E-state index is -2.37. The highest BCUT2D eigenvalue weighted by Crippen LogP contribution is 2.25. The molecule has 19 heavy (non-hydrogen) atoms. The van der Waals surface area contributed by atoms with Gasteiger partial charge in [-0.1, -0.05) is 12.1 Å². The number of halogens is 3. The minimum Gasteiger partial charge on any atom is -0.493 e. The van der Waals surface area contributed by atoms with Gasteiger partial charge < -0.3 is 9.47 Å². The van der Waals surface area contributed by atoms with Gasteiger partial charge in [-0.25, -0.2) is 8.78 Å². The van der Waals surface area contributed by atoms with Gasteiger partial charge in [-0.3, -0.25) is 4.90 Å². The average Bonchev–Trinajstić information content (AvgIpc) is 2.39. The van der Waals surface area contributed by atoms with E-state index in [4.69, 9.17) is 21.1 Å². The van der Waals surface area contributed by atoms with E-state index in [9.17, 15) is 8.78 Å². The summed E-state index contributed by atoms with van der Waals surface area (Å²) in [6.45, 7) is 0.836. The van der Waals surface area contributed by atoms with Gasteiger partial charge in [0.1, 0.15) is 6.61 Å². The Balaban J connectivity index is 2.42. The second kappa shape index (κ2) is 8.93. The molecule has 0 saturated carbocycles. The van der Waals surface area contributed by atoms with Crippen molar-refractivity contribution in [3.8, 4) is 11.5 Å². The number of methoxy groups -OCH3 is 1. The third-order valence-corrected chi connectivity index (χ3v) is 2.70. The maximum Gasteiger partial charge on any atom is 0.251 e. The van der Waals surface area contributed by atoms with Gasteiger partial charge in [0.15, 0.2) is 11.5 Å². The fraction of sp³-hybridized carbons (Fsp3) is 0.538. The number of benzene rings is 1. The molecule has 0 saturated heterocycles. The number of hydrogen-bond acceptors (Lipinski definition) is 3. The Hall–Kier alpha value is -1.07. The predicted octanol–water partition coefficient (Wildman–Crippen LogP) is 2.88. The number of hydrogen-bond donors (Lipinski definition) is 0. The Kier molecular flexibility index (Phi) is 7.52. The highest BCUT2D eigenvalue weighted by atomic mass is 35.5. The zero-order valence-corrected chi connectivity index (χ0v) is 11.6. The van der Waals surface area contributed by atoms with Crippen molar-refractivity contribution >= 4 is 11.6 Å². The molecule has 1 aromatic carbocycles. The first-order valence-corrected chi connectivity index (χ1v) is 6.53. The van der Waals surface area contributed by atoms with E-state index >= 15 is 0 Å². The lowest BCUT2D eigenvalue weighted by atomic mass is 10.3. The van der Waals surface area contributed by atoms with Crippen LogP contribution in [0.2, 0.25) is 0 Å². The van der Waals surface area contributed by atoms with E-state index in [0.717, 1.165) is 0 Å². The van der Waals surface area contributed by atoms with Crippen molar-refractivity contribution in [3.05, 3.63) is 24.3 Å². The van der Waals surface area contributed by atoms with E-state index in [0.29, 0.717) is 37.1 Å². The van der Waals surface area contributed by atoms with E-state index in [-0.39, 0.29) is 6.54 Å². The van der Waals surface area contributed by atoms with Gasteiger partial charge in [-0.2, -0.15) is 0 Å². The minimum absolute atomic E-state index is 0.290. The van der Waals surface area contributed by atoms with Gasteiger partial charge in [-0.05, 0) is 12.1 Å². The van der Waals surface area contributed by atoms with Gasteiger partial charge in [0.2, 0.25) is 0 Å². The molecule has 1 aromatic rings. The van der Waals surface area contributed by atoms with Crippen LogP contribution in [-0.2, 0) is 0 Å². The second-order valence-electron chi connectivity index (χ2n) is 3.88. The molecule has 0 fully saturated rings. The molecule has 3 nitrogen and oxygen atoms in total. The van der Waals surface area contributed by atoms with Crippen LogP contribution in [0.3, 0.4) is 0 Å². The second-order valence-corrected chi connectivity index (χ2v) is 4.26. The predicted molar refractivity (Wildman–Crippen MR) is 71.7 cm³/mol. The van der Waals surface area contributed by atoms with E-state index < -0.39 is 6.43 Å². The number of alkyl halides is 3. The lowest BCUT2D eigenvalue weighted by molar-refractivity contribution is 0.0835. The molecule has 0 aliphatic carbocycles. The zero-order chi connectivity index (χ0) is 14.1. The highest BCUT2D eigenvalue weighted by Gasteiger charge is 2.12. The van der Waals surface area contributed by atoms with Crippen LogP contribution in [0.25, 0.3) is 0 Å². The fourth-order valence-corrected chi connectivity index (χ4v) is 1.87. The Morgan fingerprint density at radius 3 is 2.47 bits per heavy atom. The van der Waals surface area contributed by atoms with Crippen molar-refractivity contribution in [1.82, 2.24) is 4.90 Å². The van der Waals surface area contributed by atoms with Crippen LogP contribution in [0.15, 0.2) is 24.3 Å². The standard InChI is InChI=1S/C13H18ClF2NO2/c1-18-11-4-2-3-5-12(11)19-9-8-17(7-6-14)10-13(15)16/h2-5,13H,6-10H2,1H3.